The van der Waals surface area contributed by atoms with E-state index in [1.165, 1.54) is 0 Å². The molecule has 122 valence electrons. The molecule has 3 rings (SSSR count). The molecule has 2 atom stereocenters. The summed E-state index contributed by atoms with van der Waals surface area (Å²) in [5.41, 5.74) is 2.02. The lowest BCUT2D eigenvalue weighted by Crippen LogP contribution is -2.46. The molecule has 0 aromatic heterocycles. The molecule has 2 unspecified atom stereocenters. The van der Waals surface area contributed by atoms with E-state index in [0.717, 1.165) is 11.1 Å². The van der Waals surface area contributed by atoms with Crippen molar-refractivity contribution in [1.29, 1.82) is 0 Å². The Labute approximate surface area is 137 Å². The largest absolute Gasteiger partial charge is 0.369 e. The first-order chi connectivity index (χ1) is 11.1. The van der Waals surface area contributed by atoms with Gasteiger partial charge in [-0.2, -0.15) is 0 Å². The van der Waals surface area contributed by atoms with Gasteiger partial charge in [0.25, 0.3) is 0 Å². The van der Waals surface area contributed by atoms with E-state index < -0.39 is 9.84 Å². The topological polar surface area (TPSA) is 46.6 Å². The van der Waals surface area contributed by atoms with E-state index >= 15 is 0 Å². The molecule has 1 saturated heterocycles. The van der Waals surface area contributed by atoms with Crippen LogP contribution in [0.3, 0.4) is 0 Å². The highest BCUT2D eigenvalue weighted by atomic mass is 32.2. The Hall–Kier alpha value is -1.69. The molecule has 0 amide bonds. The summed E-state index contributed by atoms with van der Waals surface area (Å²) in [6.07, 6.45) is 0. The zero-order chi connectivity index (χ0) is 16.3. The van der Waals surface area contributed by atoms with Crippen molar-refractivity contribution in [3.63, 3.8) is 0 Å². The zero-order valence-corrected chi connectivity index (χ0v) is 13.9. The maximum absolute atomic E-state index is 12.5. The van der Waals surface area contributed by atoms with Crippen LogP contribution in [0.5, 0.6) is 0 Å². The molecule has 1 aliphatic heterocycles. The summed E-state index contributed by atoms with van der Waals surface area (Å²) in [6, 6.07) is 19.2. The lowest BCUT2D eigenvalue weighted by atomic mass is 10.0. The molecule has 1 aliphatic rings. The monoisotopic (exact) mass is 331 g/mol. The first-order valence-corrected chi connectivity index (χ1v) is 9.48. The lowest BCUT2D eigenvalue weighted by Gasteiger charge is -2.41. The van der Waals surface area contributed by atoms with Crippen LogP contribution in [0.15, 0.2) is 60.7 Å². The number of ether oxygens (including phenoxy) is 1. The molecule has 2 aromatic rings. The number of hydrogen-bond donors (Lipinski definition) is 0. The third-order valence-electron chi connectivity index (χ3n) is 4.27. The summed E-state index contributed by atoms with van der Waals surface area (Å²) in [5.74, 6) is 0.257. The zero-order valence-electron chi connectivity index (χ0n) is 13.1. The van der Waals surface area contributed by atoms with E-state index in [0.29, 0.717) is 6.73 Å². The van der Waals surface area contributed by atoms with Gasteiger partial charge < -0.3 is 4.74 Å². The van der Waals surface area contributed by atoms with Crippen LogP contribution < -0.4 is 0 Å². The van der Waals surface area contributed by atoms with Gasteiger partial charge in [-0.3, -0.25) is 4.90 Å². The summed E-state index contributed by atoms with van der Waals surface area (Å²) in [5, 5.41) is 0. The van der Waals surface area contributed by atoms with Crippen molar-refractivity contribution in [2.24, 2.45) is 0 Å². The number of nitrogens with zero attached hydrogens (tertiary/aromatic N) is 1. The summed E-state index contributed by atoms with van der Waals surface area (Å²) in [7, 11) is -1.48. The molecule has 5 heteroatoms. The lowest BCUT2D eigenvalue weighted by molar-refractivity contribution is 0.00781. The summed E-state index contributed by atoms with van der Waals surface area (Å²) >= 11 is 0. The molecule has 2 aromatic carbocycles. The van der Waals surface area contributed by atoms with E-state index in [4.69, 9.17) is 4.74 Å². The van der Waals surface area contributed by atoms with Gasteiger partial charge in [-0.15, -0.1) is 0 Å². The van der Waals surface area contributed by atoms with Crippen LogP contribution in [0.4, 0.5) is 0 Å². The molecule has 0 radical (unpaired) electrons. The van der Waals surface area contributed by atoms with Gasteiger partial charge in [-0.1, -0.05) is 60.7 Å². The van der Waals surface area contributed by atoms with Crippen LogP contribution in [0, 0.1) is 0 Å². The number of methoxy groups -OCH3 is 1. The third-order valence-corrected chi connectivity index (χ3v) is 5.92. The maximum atomic E-state index is 12.5. The highest BCUT2D eigenvalue weighted by Gasteiger charge is 2.39. The molecule has 0 bridgehead atoms. The van der Waals surface area contributed by atoms with Gasteiger partial charge in [0.05, 0.1) is 30.3 Å². The Morgan fingerprint density at radius 1 is 0.913 bits per heavy atom. The number of benzene rings is 2. The average Bonchev–Trinajstić information content (AvgIpc) is 2.57. The third kappa shape index (κ3) is 3.63. The van der Waals surface area contributed by atoms with Crippen molar-refractivity contribution in [3.8, 4) is 0 Å². The molecule has 0 aliphatic carbocycles. The normalized spacial score (nSPS) is 24.4. The van der Waals surface area contributed by atoms with Crippen molar-refractivity contribution >= 4 is 9.84 Å². The van der Waals surface area contributed by atoms with Gasteiger partial charge in [-0.25, -0.2) is 8.42 Å². The molecular formula is C18H21NO3S. The fraction of sp³-hybridized carbons (Fsp3) is 0.333. The summed E-state index contributed by atoms with van der Waals surface area (Å²) in [4.78, 5) is 2.14. The van der Waals surface area contributed by atoms with Gasteiger partial charge >= 0.3 is 0 Å². The summed E-state index contributed by atoms with van der Waals surface area (Å²) in [6.45, 7) is 0.397. The van der Waals surface area contributed by atoms with E-state index in [2.05, 4.69) is 4.90 Å². The maximum Gasteiger partial charge on any atom is 0.154 e. The van der Waals surface area contributed by atoms with E-state index in [1.54, 1.807) is 7.11 Å². The minimum Gasteiger partial charge on any atom is -0.369 e. The van der Waals surface area contributed by atoms with Crippen LogP contribution in [0.25, 0.3) is 0 Å². The van der Waals surface area contributed by atoms with Crippen molar-refractivity contribution in [2.75, 3.05) is 25.3 Å². The standard InChI is InChI=1S/C18H21NO3S/c1-22-14-19-17(15-8-4-2-5-9-15)12-23(20,21)13-18(19)16-10-6-3-7-11-16/h2-11,17-18H,12-14H2,1H3. The SMILES string of the molecule is COCN1C(c2ccccc2)CS(=O)(=O)CC1c1ccccc1. The average molecular weight is 331 g/mol. The van der Waals surface area contributed by atoms with Gasteiger partial charge in [0.1, 0.15) is 0 Å². The van der Waals surface area contributed by atoms with Crippen LogP contribution in [0.1, 0.15) is 23.2 Å². The Morgan fingerprint density at radius 3 is 1.74 bits per heavy atom. The second-order valence-electron chi connectivity index (χ2n) is 5.86. The smallest absolute Gasteiger partial charge is 0.154 e. The number of rotatable bonds is 4. The number of sulfone groups is 1. The minimum absolute atomic E-state index is 0.129. The molecular weight excluding hydrogens is 310 g/mol. The Bertz CT molecular complexity index is 676. The minimum atomic E-state index is -3.13. The van der Waals surface area contributed by atoms with Crippen molar-refractivity contribution in [1.82, 2.24) is 4.90 Å². The highest BCUT2D eigenvalue weighted by molar-refractivity contribution is 7.91. The van der Waals surface area contributed by atoms with Crippen LogP contribution in [-0.4, -0.2) is 38.7 Å². The van der Waals surface area contributed by atoms with E-state index in [1.807, 2.05) is 60.7 Å². The second-order valence-corrected chi connectivity index (χ2v) is 8.02. The number of hydrogen-bond acceptors (Lipinski definition) is 4. The van der Waals surface area contributed by atoms with Crippen molar-refractivity contribution in [2.45, 2.75) is 12.1 Å². The van der Waals surface area contributed by atoms with E-state index in [9.17, 15) is 8.42 Å². The summed E-state index contributed by atoms with van der Waals surface area (Å²) < 4.78 is 30.4. The van der Waals surface area contributed by atoms with Gasteiger partial charge in [-0.05, 0) is 11.1 Å². The molecule has 1 fully saturated rings. The van der Waals surface area contributed by atoms with Gasteiger partial charge in [0.15, 0.2) is 9.84 Å². The highest BCUT2D eigenvalue weighted by Crippen LogP contribution is 2.37. The first-order valence-electron chi connectivity index (χ1n) is 7.66. The second kappa shape index (κ2) is 6.83. The Morgan fingerprint density at radius 2 is 1.35 bits per heavy atom. The fourth-order valence-corrected chi connectivity index (χ4v) is 5.08. The molecule has 0 N–H and O–H groups in total. The molecule has 0 spiro atoms. The van der Waals surface area contributed by atoms with Crippen molar-refractivity contribution < 1.29 is 13.2 Å². The van der Waals surface area contributed by atoms with Crippen LogP contribution in [0.2, 0.25) is 0 Å². The fourth-order valence-electron chi connectivity index (χ4n) is 3.21. The van der Waals surface area contributed by atoms with Gasteiger partial charge in [0.2, 0.25) is 0 Å². The molecule has 1 heterocycles. The Balaban J connectivity index is 2.04. The predicted molar refractivity (Wildman–Crippen MR) is 90.7 cm³/mol. The Kier molecular flexibility index (Phi) is 4.80. The van der Waals surface area contributed by atoms with E-state index in [-0.39, 0.29) is 23.6 Å². The molecule has 23 heavy (non-hydrogen) atoms. The van der Waals surface area contributed by atoms with Crippen LogP contribution >= 0.6 is 0 Å². The predicted octanol–water partition coefficient (Wildman–Crippen LogP) is 2.80. The molecule has 0 saturated carbocycles. The molecule has 4 nitrogen and oxygen atoms in total. The van der Waals surface area contributed by atoms with Crippen LogP contribution in [-0.2, 0) is 14.6 Å². The first kappa shape index (κ1) is 16.2. The quantitative estimate of drug-likeness (QED) is 0.864. The van der Waals surface area contributed by atoms with Crippen molar-refractivity contribution in [3.05, 3.63) is 71.8 Å². The van der Waals surface area contributed by atoms with Gasteiger partial charge in [0, 0.05) is 7.11 Å².